The molecule has 0 atom stereocenters. The van der Waals surface area contributed by atoms with Gasteiger partial charge in [0.15, 0.2) is 10.9 Å². The SMILES string of the molecule is C=CCn1c(SCC(=O)c2ccc(OC)cc2)nc(-c2ccccc2)cc1=O. The highest BCUT2D eigenvalue weighted by atomic mass is 32.2. The molecule has 0 amide bonds. The minimum Gasteiger partial charge on any atom is -0.497 e. The largest absolute Gasteiger partial charge is 0.497 e. The summed E-state index contributed by atoms with van der Waals surface area (Å²) in [4.78, 5) is 29.7. The van der Waals surface area contributed by atoms with E-state index < -0.39 is 0 Å². The normalized spacial score (nSPS) is 10.5. The van der Waals surface area contributed by atoms with Crippen molar-refractivity contribution in [3.8, 4) is 17.0 Å². The van der Waals surface area contributed by atoms with Gasteiger partial charge in [0.1, 0.15) is 5.75 Å². The standard InChI is InChI=1S/C22H20N2O3S/c1-3-13-24-21(26)14-19(16-7-5-4-6-8-16)23-22(24)28-15-20(25)17-9-11-18(27-2)12-10-17/h3-12,14H,1,13,15H2,2H3. The summed E-state index contributed by atoms with van der Waals surface area (Å²) in [7, 11) is 1.58. The number of hydrogen-bond donors (Lipinski definition) is 0. The van der Waals surface area contributed by atoms with Gasteiger partial charge in [0.2, 0.25) is 0 Å². The summed E-state index contributed by atoms with van der Waals surface area (Å²) in [6.07, 6.45) is 1.64. The van der Waals surface area contributed by atoms with Gasteiger partial charge in [0, 0.05) is 23.7 Å². The van der Waals surface area contributed by atoms with Crippen LogP contribution in [0.5, 0.6) is 5.75 Å². The smallest absolute Gasteiger partial charge is 0.255 e. The van der Waals surface area contributed by atoms with Crippen molar-refractivity contribution in [3.05, 3.63) is 89.2 Å². The van der Waals surface area contributed by atoms with Crippen LogP contribution in [0.25, 0.3) is 11.3 Å². The summed E-state index contributed by atoms with van der Waals surface area (Å²) in [5, 5.41) is 0.494. The average molecular weight is 392 g/mol. The number of thioether (sulfide) groups is 1. The third-order valence-electron chi connectivity index (χ3n) is 4.10. The average Bonchev–Trinajstić information content (AvgIpc) is 2.74. The molecule has 5 nitrogen and oxygen atoms in total. The minimum atomic E-state index is -0.173. The molecule has 0 unspecified atom stereocenters. The van der Waals surface area contributed by atoms with E-state index in [1.165, 1.54) is 22.4 Å². The van der Waals surface area contributed by atoms with Crippen molar-refractivity contribution in [1.82, 2.24) is 9.55 Å². The van der Waals surface area contributed by atoms with Crippen LogP contribution in [0.3, 0.4) is 0 Å². The van der Waals surface area contributed by atoms with Crippen molar-refractivity contribution in [2.24, 2.45) is 0 Å². The van der Waals surface area contributed by atoms with Gasteiger partial charge >= 0.3 is 0 Å². The van der Waals surface area contributed by atoms with Crippen molar-refractivity contribution in [2.75, 3.05) is 12.9 Å². The number of aromatic nitrogens is 2. The molecule has 6 heteroatoms. The van der Waals surface area contributed by atoms with Crippen molar-refractivity contribution in [1.29, 1.82) is 0 Å². The molecule has 1 aromatic heterocycles. The third-order valence-corrected chi connectivity index (χ3v) is 5.08. The van der Waals surface area contributed by atoms with Gasteiger partial charge in [-0.2, -0.15) is 0 Å². The first-order valence-electron chi connectivity index (χ1n) is 8.70. The predicted molar refractivity (Wildman–Crippen MR) is 112 cm³/mol. The van der Waals surface area contributed by atoms with Crippen LogP contribution in [0.1, 0.15) is 10.4 Å². The number of rotatable bonds is 8. The highest BCUT2D eigenvalue weighted by Crippen LogP contribution is 2.22. The topological polar surface area (TPSA) is 61.2 Å². The lowest BCUT2D eigenvalue weighted by molar-refractivity contribution is 0.102. The van der Waals surface area contributed by atoms with Gasteiger partial charge in [0.25, 0.3) is 5.56 Å². The number of carbonyl (C=O) groups excluding carboxylic acids is 1. The number of ketones is 1. The van der Waals surface area contributed by atoms with Gasteiger partial charge in [-0.1, -0.05) is 48.2 Å². The molecule has 0 fully saturated rings. The van der Waals surface area contributed by atoms with Crippen LogP contribution in [0, 0.1) is 0 Å². The predicted octanol–water partition coefficient (Wildman–Crippen LogP) is 4.08. The first-order valence-corrected chi connectivity index (χ1v) is 9.69. The number of benzene rings is 2. The summed E-state index contributed by atoms with van der Waals surface area (Å²) in [6.45, 7) is 4.04. The molecule has 1 heterocycles. The number of hydrogen-bond acceptors (Lipinski definition) is 5. The number of Topliss-reactive ketones (excluding diaryl/α,β-unsaturated/α-hetero) is 1. The Hall–Kier alpha value is -3.12. The molecule has 0 aliphatic rings. The van der Waals surface area contributed by atoms with E-state index in [1.807, 2.05) is 30.3 Å². The molecule has 0 radical (unpaired) electrons. The molecule has 0 bridgehead atoms. The van der Waals surface area contributed by atoms with Gasteiger partial charge in [-0.15, -0.1) is 6.58 Å². The Morgan fingerprint density at radius 1 is 1.18 bits per heavy atom. The van der Waals surface area contributed by atoms with Crippen LogP contribution in [-0.2, 0) is 6.54 Å². The zero-order valence-corrected chi connectivity index (χ0v) is 16.3. The molecular weight excluding hydrogens is 372 g/mol. The number of carbonyl (C=O) groups is 1. The zero-order chi connectivity index (χ0) is 19.9. The molecule has 0 saturated carbocycles. The Morgan fingerprint density at radius 3 is 2.54 bits per heavy atom. The van der Waals surface area contributed by atoms with Gasteiger partial charge in [0.05, 0.1) is 18.6 Å². The molecule has 0 saturated heterocycles. The van der Waals surface area contributed by atoms with Crippen LogP contribution in [0.4, 0.5) is 0 Å². The lowest BCUT2D eigenvalue weighted by Gasteiger charge is -2.11. The number of ether oxygens (including phenoxy) is 1. The Morgan fingerprint density at radius 2 is 1.89 bits per heavy atom. The van der Waals surface area contributed by atoms with E-state index in [1.54, 1.807) is 37.5 Å². The van der Waals surface area contributed by atoms with Crippen LogP contribution in [-0.4, -0.2) is 28.2 Å². The molecular formula is C22H20N2O3S. The van der Waals surface area contributed by atoms with Crippen LogP contribution >= 0.6 is 11.8 Å². The second-order valence-corrected chi connectivity index (χ2v) is 6.91. The van der Waals surface area contributed by atoms with Gasteiger partial charge in [-0.25, -0.2) is 4.98 Å². The fourth-order valence-electron chi connectivity index (χ4n) is 2.64. The highest BCUT2D eigenvalue weighted by Gasteiger charge is 2.13. The maximum Gasteiger partial charge on any atom is 0.255 e. The molecule has 2 aromatic carbocycles. The fraction of sp³-hybridized carbons (Fsp3) is 0.136. The Balaban J connectivity index is 1.86. The number of nitrogens with zero attached hydrogens (tertiary/aromatic N) is 2. The number of methoxy groups -OCH3 is 1. The summed E-state index contributed by atoms with van der Waals surface area (Å²) < 4.78 is 6.63. The van der Waals surface area contributed by atoms with Gasteiger partial charge in [-0.3, -0.25) is 14.2 Å². The Labute approximate surface area is 167 Å². The first kappa shape index (κ1) is 19.6. The highest BCUT2D eigenvalue weighted by molar-refractivity contribution is 7.99. The maximum absolute atomic E-state index is 12.6. The first-order chi connectivity index (χ1) is 13.6. The molecule has 0 N–H and O–H groups in total. The van der Waals surface area contributed by atoms with Crippen LogP contribution in [0.2, 0.25) is 0 Å². The summed E-state index contributed by atoms with van der Waals surface area (Å²) in [5.74, 6) is 0.826. The maximum atomic E-state index is 12.6. The Bertz CT molecular complexity index is 1030. The fourth-order valence-corrected chi connectivity index (χ4v) is 3.55. The van der Waals surface area contributed by atoms with Crippen LogP contribution in [0.15, 0.2) is 83.3 Å². The van der Waals surface area contributed by atoms with Crippen molar-refractivity contribution >= 4 is 17.5 Å². The molecule has 3 aromatic rings. The summed E-state index contributed by atoms with van der Waals surface area (Å²) in [6, 6.07) is 18.0. The van der Waals surface area contributed by atoms with Crippen molar-refractivity contribution in [2.45, 2.75) is 11.7 Å². The molecule has 28 heavy (non-hydrogen) atoms. The quantitative estimate of drug-likeness (QED) is 0.250. The monoisotopic (exact) mass is 392 g/mol. The molecule has 142 valence electrons. The van der Waals surface area contributed by atoms with E-state index in [0.717, 1.165) is 5.56 Å². The van der Waals surface area contributed by atoms with Crippen LogP contribution < -0.4 is 10.3 Å². The van der Waals surface area contributed by atoms with E-state index in [9.17, 15) is 9.59 Å². The second-order valence-electron chi connectivity index (χ2n) is 5.97. The summed E-state index contributed by atoms with van der Waals surface area (Å²) in [5.41, 5.74) is 1.86. The second kappa shape index (κ2) is 9.19. The third kappa shape index (κ3) is 4.58. The summed E-state index contributed by atoms with van der Waals surface area (Å²) >= 11 is 1.25. The van der Waals surface area contributed by atoms with Crippen molar-refractivity contribution in [3.63, 3.8) is 0 Å². The lowest BCUT2D eigenvalue weighted by atomic mass is 10.1. The van der Waals surface area contributed by atoms with E-state index >= 15 is 0 Å². The van der Waals surface area contributed by atoms with E-state index in [4.69, 9.17) is 4.74 Å². The Kier molecular flexibility index (Phi) is 6.45. The van der Waals surface area contributed by atoms with Gasteiger partial charge < -0.3 is 4.74 Å². The zero-order valence-electron chi connectivity index (χ0n) is 15.5. The van der Waals surface area contributed by atoms with Gasteiger partial charge in [-0.05, 0) is 24.3 Å². The van der Waals surface area contributed by atoms with Crippen molar-refractivity contribution < 1.29 is 9.53 Å². The molecule has 0 aliphatic heterocycles. The molecule has 0 spiro atoms. The van der Waals surface area contributed by atoms with E-state index in [-0.39, 0.29) is 17.1 Å². The lowest BCUT2D eigenvalue weighted by Crippen LogP contribution is -2.22. The minimum absolute atomic E-state index is 0.0443. The molecule has 0 aliphatic carbocycles. The number of allylic oxidation sites excluding steroid dienone is 1. The van der Waals surface area contributed by atoms with E-state index in [2.05, 4.69) is 11.6 Å². The van der Waals surface area contributed by atoms with E-state index in [0.29, 0.717) is 28.7 Å². The molecule has 3 rings (SSSR count).